The fraction of sp³-hybridized carbons (Fsp3) is 0.636. The molecule has 80 valence electrons. The maximum absolute atomic E-state index is 12.1. The molecule has 3 unspecified atom stereocenters. The quantitative estimate of drug-likeness (QED) is 0.682. The molecule has 2 fully saturated rings. The van der Waals surface area contributed by atoms with E-state index < -0.39 is 0 Å². The Morgan fingerprint density at radius 2 is 2.47 bits per heavy atom. The minimum absolute atomic E-state index is 0.0543. The molecule has 4 nitrogen and oxygen atoms in total. The lowest BCUT2D eigenvalue weighted by atomic mass is 9.85. The lowest BCUT2D eigenvalue weighted by Gasteiger charge is -2.15. The van der Waals surface area contributed by atoms with Gasteiger partial charge in [0.15, 0.2) is 5.78 Å². The van der Waals surface area contributed by atoms with Gasteiger partial charge in [0.25, 0.3) is 0 Å². The van der Waals surface area contributed by atoms with Crippen LogP contribution in [0.15, 0.2) is 12.5 Å². The number of ether oxygens (including phenoxy) is 1. The number of rotatable bonds is 2. The molecule has 0 N–H and O–H groups in total. The van der Waals surface area contributed by atoms with Crippen LogP contribution in [0.5, 0.6) is 0 Å². The van der Waals surface area contributed by atoms with Gasteiger partial charge in [-0.05, 0) is 19.3 Å². The van der Waals surface area contributed by atoms with E-state index in [1.165, 1.54) is 0 Å². The molecule has 0 amide bonds. The summed E-state index contributed by atoms with van der Waals surface area (Å²) in [5, 5.41) is 0. The maximum atomic E-state index is 12.1. The van der Waals surface area contributed by atoms with Crippen LogP contribution in [0.2, 0.25) is 0 Å². The summed E-state index contributed by atoms with van der Waals surface area (Å²) in [6.45, 7) is 0. The van der Waals surface area contributed by atoms with Crippen LogP contribution in [0.1, 0.15) is 29.8 Å². The van der Waals surface area contributed by atoms with Gasteiger partial charge in [-0.3, -0.25) is 4.79 Å². The van der Waals surface area contributed by atoms with Crippen LogP contribution in [0.4, 0.5) is 0 Å². The highest BCUT2D eigenvalue weighted by Crippen LogP contribution is 2.39. The average molecular weight is 206 g/mol. The van der Waals surface area contributed by atoms with Crippen LogP contribution >= 0.6 is 0 Å². The molecule has 0 spiro atoms. The number of imidazole rings is 1. The second-order valence-corrected chi connectivity index (χ2v) is 4.50. The van der Waals surface area contributed by atoms with Crippen LogP contribution < -0.4 is 0 Å². The minimum atomic E-state index is 0.0543. The van der Waals surface area contributed by atoms with Crippen LogP contribution in [0, 0.1) is 5.92 Å². The first-order chi connectivity index (χ1) is 7.24. The van der Waals surface area contributed by atoms with Crippen molar-refractivity contribution >= 4 is 5.78 Å². The van der Waals surface area contributed by atoms with Crippen molar-refractivity contribution in [3.63, 3.8) is 0 Å². The van der Waals surface area contributed by atoms with E-state index in [4.69, 9.17) is 4.74 Å². The van der Waals surface area contributed by atoms with Crippen molar-refractivity contribution < 1.29 is 9.53 Å². The molecule has 3 rings (SSSR count). The third-order valence-corrected chi connectivity index (χ3v) is 3.40. The molecule has 0 aromatic carbocycles. The Balaban J connectivity index is 1.81. The second-order valence-electron chi connectivity index (χ2n) is 4.50. The number of fused-ring (bicyclic) bond motifs is 2. The summed E-state index contributed by atoms with van der Waals surface area (Å²) in [4.78, 5) is 16.2. The molecule has 0 radical (unpaired) electrons. The number of hydrogen-bond acceptors (Lipinski definition) is 3. The zero-order valence-electron chi connectivity index (χ0n) is 8.72. The number of carbonyl (C=O) groups is 1. The number of carbonyl (C=O) groups excluding carboxylic acids is 1. The van der Waals surface area contributed by atoms with E-state index in [9.17, 15) is 4.79 Å². The van der Waals surface area contributed by atoms with E-state index in [-0.39, 0.29) is 17.8 Å². The molecule has 2 aliphatic heterocycles. The Hall–Kier alpha value is -1.16. The number of aromatic nitrogens is 2. The molecule has 0 saturated carbocycles. The molecule has 1 aromatic heterocycles. The first kappa shape index (κ1) is 9.09. The molecular formula is C11H14N2O2. The van der Waals surface area contributed by atoms with Crippen LogP contribution in [-0.2, 0) is 11.8 Å². The first-order valence-corrected chi connectivity index (χ1v) is 5.41. The fourth-order valence-corrected chi connectivity index (χ4v) is 2.64. The molecule has 1 aromatic rings. The molecule has 2 saturated heterocycles. The number of Topliss-reactive ketones (excluding diaryl/α,β-unsaturated/α-hetero) is 1. The summed E-state index contributed by atoms with van der Waals surface area (Å²) in [5.41, 5.74) is 0.582. The average Bonchev–Trinajstić information content (AvgIpc) is 2.90. The fourth-order valence-electron chi connectivity index (χ4n) is 2.64. The van der Waals surface area contributed by atoms with Gasteiger partial charge in [0, 0.05) is 13.2 Å². The number of nitrogens with zero attached hydrogens (tertiary/aromatic N) is 2. The second kappa shape index (κ2) is 3.17. The van der Waals surface area contributed by atoms with Crippen LogP contribution in [0.25, 0.3) is 0 Å². The van der Waals surface area contributed by atoms with E-state index >= 15 is 0 Å². The summed E-state index contributed by atoms with van der Waals surface area (Å²) in [5.74, 6) is 0.210. The highest BCUT2D eigenvalue weighted by Gasteiger charge is 2.44. The van der Waals surface area contributed by atoms with Crippen molar-refractivity contribution in [1.29, 1.82) is 0 Å². The molecule has 2 aliphatic rings. The summed E-state index contributed by atoms with van der Waals surface area (Å²) < 4.78 is 7.49. The van der Waals surface area contributed by atoms with Gasteiger partial charge in [-0.25, -0.2) is 4.98 Å². The number of aryl methyl sites for hydroxylation is 1. The Bertz CT molecular complexity index is 399. The normalized spacial score (nSPS) is 33.5. The zero-order valence-corrected chi connectivity index (χ0v) is 8.72. The van der Waals surface area contributed by atoms with E-state index in [0.717, 1.165) is 19.3 Å². The predicted octanol–water partition coefficient (Wildman–Crippen LogP) is 1.17. The predicted molar refractivity (Wildman–Crippen MR) is 53.5 cm³/mol. The summed E-state index contributed by atoms with van der Waals surface area (Å²) in [7, 11) is 1.88. The van der Waals surface area contributed by atoms with Crippen molar-refractivity contribution in [2.75, 3.05) is 0 Å². The monoisotopic (exact) mass is 206 g/mol. The van der Waals surface area contributed by atoms with Gasteiger partial charge in [-0.1, -0.05) is 0 Å². The molecule has 3 atom stereocenters. The maximum Gasteiger partial charge on any atom is 0.188 e. The van der Waals surface area contributed by atoms with E-state index in [1.54, 1.807) is 17.1 Å². The zero-order chi connectivity index (χ0) is 10.4. The van der Waals surface area contributed by atoms with Gasteiger partial charge in [0.2, 0.25) is 0 Å². The Morgan fingerprint density at radius 1 is 1.60 bits per heavy atom. The lowest BCUT2D eigenvalue weighted by molar-refractivity contribution is 0.0740. The van der Waals surface area contributed by atoms with Gasteiger partial charge in [-0.2, -0.15) is 0 Å². The first-order valence-electron chi connectivity index (χ1n) is 5.41. The van der Waals surface area contributed by atoms with Crippen LogP contribution in [0.3, 0.4) is 0 Å². The number of hydrogen-bond donors (Lipinski definition) is 0. The Kier molecular flexibility index (Phi) is 1.92. The Morgan fingerprint density at radius 3 is 3.00 bits per heavy atom. The van der Waals surface area contributed by atoms with Gasteiger partial charge in [0.05, 0.1) is 24.5 Å². The van der Waals surface area contributed by atoms with E-state index in [0.29, 0.717) is 11.8 Å². The van der Waals surface area contributed by atoms with Crippen molar-refractivity contribution in [3.05, 3.63) is 18.2 Å². The van der Waals surface area contributed by atoms with Crippen LogP contribution in [-0.4, -0.2) is 27.5 Å². The van der Waals surface area contributed by atoms with Crippen molar-refractivity contribution in [2.24, 2.45) is 13.0 Å². The lowest BCUT2D eigenvalue weighted by Crippen LogP contribution is -2.25. The molecule has 3 heterocycles. The third kappa shape index (κ3) is 1.40. The van der Waals surface area contributed by atoms with Crippen molar-refractivity contribution in [1.82, 2.24) is 9.55 Å². The summed E-state index contributed by atoms with van der Waals surface area (Å²) >= 11 is 0. The van der Waals surface area contributed by atoms with Crippen molar-refractivity contribution in [2.45, 2.75) is 31.5 Å². The molecular weight excluding hydrogens is 192 g/mol. The molecule has 0 aliphatic carbocycles. The van der Waals surface area contributed by atoms with E-state index in [2.05, 4.69) is 4.98 Å². The highest BCUT2D eigenvalue weighted by atomic mass is 16.5. The van der Waals surface area contributed by atoms with E-state index in [1.807, 2.05) is 7.05 Å². The minimum Gasteiger partial charge on any atom is -0.374 e. The molecule has 2 bridgehead atoms. The SMILES string of the molecule is Cn1cnc(C(=O)C2CC3CCC2O3)c1. The standard InChI is InChI=1S/C11H14N2O2/c1-13-5-9(12-6-13)11(14)8-4-7-2-3-10(8)15-7/h5-8,10H,2-4H2,1H3. The van der Waals surface area contributed by atoms with Gasteiger partial charge >= 0.3 is 0 Å². The smallest absolute Gasteiger partial charge is 0.188 e. The van der Waals surface area contributed by atoms with Gasteiger partial charge < -0.3 is 9.30 Å². The topological polar surface area (TPSA) is 44.1 Å². The Labute approximate surface area is 88.3 Å². The van der Waals surface area contributed by atoms with Gasteiger partial charge in [-0.15, -0.1) is 0 Å². The third-order valence-electron chi connectivity index (χ3n) is 3.40. The molecule has 15 heavy (non-hydrogen) atoms. The number of ketones is 1. The van der Waals surface area contributed by atoms with Gasteiger partial charge in [0.1, 0.15) is 5.69 Å². The van der Waals surface area contributed by atoms with Crippen molar-refractivity contribution in [3.8, 4) is 0 Å². The summed E-state index contributed by atoms with van der Waals surface area (Å²) in [6, 6.07) is 0. The molecule has 4 heteroatoms. The summed E-state index contributed by atoms with van der Waals surface area (Å²) in [6.07, 6.45) is 6.98. The largest absolute Gasteiger partial charge is 0.374 e. The highest BCUT2D eigenvalue weighted by molar-refractivity contribution is 5.96.